The van der Waals surface area contributed by atoms with E-state index in [1.54, 1.807) is 0 Å². The Hall–Kier alpha value is -3.26. The molecule has 0 amide bonds. The summed E-state index contributed by atoms with van der Waals surface area (Å²) in [7, 11) is 0. The summed E-state index contributed by atoms with van der Waals surface area (Å²) >= 11 is 0. The van der Waals surface area contributed by atoms with Crippen LogP contribution in [-0.2, 0) is 0 Å². The molecule has 131 valence electrons. The van der Waals surface area contributed by atoms with E-state index in [1.165, 1.54) is 11.1 Å². The molecule has 2 aromatic carbocycles. The molecule has 27 heavy (non-hydrogen) atoms. The smallest absolute Gasteiger partial charge is 0.0484 e. The van der Waals surface area contributed by atoms with Gasteiger partial charge in [0.1, 0.15) is 0 Å². The van der Waals surface area contributed by atoms with E-state index < -0.39 is 0 Å². The zero-order valence-corrected chi connectivity index (χ0v) is 15.0. The van der Waals surface area contributed by atoms with Crippen molar-refractivity contribution in [3.63, 3.8) is 0 Å². The van der Waals surface area contributed by atoms with Crippen LogP contribution in [0.3, 0.4) is 0 Å². The van der Waals surface area contributed by atoms with Crippen molar-refractivity contribution in [1.82, 2.24) is 9.97 Å². The minimum atomic E-state index is 0.108. The molecule has 0 aliphatic carbocycles. The second-order valence-corrected chi connectivity index (χ2v) is 6.50. The first-order valence-corrected chi connectivity index (χ1v) is 9.18. The van der Waals surface area contributed by atoms with Gasteiger partial charge in [0.15, 0.2) is 0 Å². The number of nitrogens with zero attached hydrogens (tertiary/aromatic N) is 2. The van der Waals surface area contributed by atoms with Crippen molar-refractivity contribution < 1.29 is 0 Å². The summed E-state index contributed by atoms with van der Waals surface area (Å²) in [5, 5.41) is 0. The number of hydrogen-bond acceptors (Lipinski definition) is 2. The summed E-state index contributed by atoms with van der Waals surface area (Å²) in [5.41, 5.74) is 4.54. The van der Waals surface area contributed by atoms with E-state index in [4.69, 9.17) is 4.98 Å². The lowest BCUT2D eigenvalue weighted by Crippen LogP contribution is -2.16. The number of rotatable bonds is 6. The van der Waals surface area contributed by atoms with Gasteiger partial charge in [-0.1, -0.05) is 72.8 Å². The van der Waals surface area contributed by atoms with Crippen LogP contribution in [0, 0.1) is 6.42 Å². The molecule has 0 aliphatic heterocycles. The van der Waals surface area contributed by atoms with Crippen LogP contribution in [0.25, 0.3) is 0 Å². The van der Waals surface area contributed by atoms with Crippen LogP contribution in [0.1, 0.15) is 34.4 Å². The second-order valence-electron chi connectivity index (χ2n) is 6.50. The van der Waals surface area contributed by atoms with Crippen LogP contribution >= 0.6 is 0 Å². The zero-order chi connectivity index (χ0) is 18.3. The molecule has 2 atom stereocenters. The summed E-state index contributed by atoms with van der Waals surface area (Å²) in [6.07, 6.45) is 5.96. The van der Waals surface area contributed by atoms with Crippen LogP contribution in [0.4, 0.5) is 0 Å². The molecule has 2 aromatic heterocycles. The topological polar surface area (TPSA) is 25.8 Å². The maximum Gasteiger partial charge on any atom is 0.0484 e. The Morgan fingerprint density at radius 2 is 1.15 bits per heavy atom. The van der Waals surface area contributed by atoms with Crippen molar-refractivity contribution in [2.75, 3.05) is 0 Å². The highest BCUT2D eigenvalue weighted by Gasteiger charge is 2.28. The van der Waals surface area contributed by atoms with Gasteiger partial charge in [-0.25, -0.2) is 0 Å². The van der Waals surface area contributed by atoms with E-state index in [0.29, 0.717) is 0 Å². The first kappa shape index (κ1) is 17.2. The fourth-order valence-corrected chi connectivity index (χ4v) is 3.50. The van der Waals surface area contributed by atoms with Gasteiger partial charge in [0, 0.05) is 42.0 Å². The Labute approximate surface area is 160 Å². The Bertz CT molecular complexity index is 899. The average molecular weight is 349 g/mol. The maximum atomic E-state index is 4.70. The van der Waals surface area contributed by atoms with Gasteiger partial charge in [-0.2, -0.15) is 0 Å². The molecule has 2 unspecified atom stereocenters. The molecule has 0 fully saturated rings. The highest BCUT2D eigenvalue weighted by Crippen LogP contribution is 2.40. The molecule has 1 radical (unpaired) electrons. The van der Waals surface area contributed by atoms with Gasteiger partial charge in [0.25, 0.3) is 0 Å². The molecule has 0 N–H and O–H groups in total. The number of pyridine rings is 2. The van der Waals surface area contributed by atoms with Crippen LogP contribution in [0.15, 0.2) is 109 Å². The van der Waals surface area contributed by atoms with Crippen LogP contribution in [0.5, 0.6) is 0 Å². The van der Waals surface area contributed by atoms with Gasteiger partial charge in [-0.3, -0.25) is 9.97 Å². The van der Waals surface area contributed by atoms with E-state index >= 15 is 0 Å². The second kappa shape index (κ2) is 8.41. The number of aromatic nitrogens is 2. The van der Waals surface area contributed by atoms with Gasteiger partial charge in [-0.05, 0) is 35.4 Å². The predicted molar refractivity (Wildman–Crippen MR) is 109 cm³/mol. The van der Waals surface area contributed by atoms with Crippen molar-refractivity contribution in [2.45, 2.75) is 11.8 Å². The van der Waals surface area contributed by atoms with E-state index in [9.17, 15) is 0 Å². The average Bonchev–Trinajstić information content (AvgIpc) is 2.76. The Morgan fingerprint density at radius 3 is 1.74 bits per heavy atom. The minimum absolute atomic E-state index is 0.108. The third-order valence-corrected chi connectivity index (χ3v) is 4.75. The van der Waals surface area contributed by atoms with Gasteiger partial charge >= 0.3 is 0 Å². The lowest BCUT2D eigenvalue weighted by Gasteiger charge is -2.27. The SMILES string of the molecule is [CH](c1ccccn1)C(c1ccccc1)C(c1ccccc1)c1ccccn1. The summed E-state index contributed by atoms with van der Waals surface area (Å²) in [4.78, 5) is 9.24. The van der Waals surface area contributed by atoms with Gasteiger partial charge < -0.3 is 0 Å². The maximum absolute atomic E-state index is 4.70. The van der Waals surface area contributed by atoms with Gasteiger partial charge in [-0.15, -0.1) is 0 Å². The summed E-state index contributed by atoms with van der Waals surface area (Å²) < 4.78 is 0. The first-order chi connectivity index (χ1) is 13.4. The van der Waals surface area contributed by atoms with Crippen molar-refractivity contribution in [1.29, 1.82) is 0 Å². The normalized spacial score (nSPS) is 13.0. The number of hydrogen-bond donors (Lipinski definition) is 0. The van der Waals surface area contributed by atoms with Crippen LogP contribution in [-0.4, -0.2) is 9.97 Å². The lowest BCUT2D eigenvalue weighted by molar-refractivity contribution is 0.662. The molecule has 0 spiro atoms. The summed E-state index contributed by atoms with van der Waals surface area (Å²) in [5.74, 6) is 0.232. The molecule has 2 heterocycles. The van der Waals surface area contributed by atoms with E-state index in [-0.39, 0.29) is 11.8 Å². The van der Waals surface area contributed by atoms with Gasteiger partial charge in [0.05, 0.1) is 0 Å². The minimum Gasteiger partial charge on any atom is -0.261 e. The monoisotopic (exact) mass is 349 g/mol. The molecular formula is C25H21N2. The standard InChI is InChI=1S/C25H21N2/c1-3-11-20(12-4-1)23(19-22-15-7-9-17-26-22)25(21-13-5-2-6-14-21)24-16-8-10-18-27-24/h1-19,23,25H. The van der Waals surface area contributed by atoms with Crippen LogP contribution in [0.2, 0.25) is 0 Å². The molecule has 4 aromatic rings. The highest BCUT2D eigenvalue weighted by atomic mass is 14.7. The van der Waals surface area contributed by atoms with E-state index in [2.05, 4.69) is 90.3 Å². The van der Waals surface area contributed by atoms with Crippen molar-refractivity contribution in [2.24, 2.45) is 0 Å². The highest BCUT2D eigenvalue weighted by molar-refractivity contribution is 5.40. The fraction of sp³-hybridized carbons (Fsp3) is 0.0800. The van der Waals surface area contributed by atoms with Crippen molar-refractivity contribution in [3.05, 3.63) is 138 Å². The Kier molecular flexibility index (Phi) is 5.35. The number of benzene rings is 2. The fourth-order valence-electron chi connectivity index (χ4n) is 3.50. The molecule has 0 saturated carbocycles. The van der Waals surface area contributed by atoms with Crippen LogP contribution < -0.4 is 0 Å². The molecule has 0 bridgehead atoms. The quantitative estimate of drug-likeness (QED) is 0.450. The zero-order valence-electron chi connectivity index (χ0n) is 15.0. The van der Waals surface area contributed by atoms with E-state index in [0.717, 1.165) is 11.4 Å². The Balaban J connectivity index is 1.83. The van der Waals surface area contributed by atoms with Gasteiger partial charge in [0.2, 0.25) is 0 Å². The third kappa shape index (κ3) is 4.12. The van der Waals surface area contributed by atoms with E-state index in [1.807, 2.05) is 30.6 Å². The molecule has 0 aliphatic rings. The molecule has 4 rings (SSSR count). The third-order valence-electron chi connectivity index (χ3n) is 4.75. The largest absolute Gasteiger partial charge is 0.261 e. The molecule has 2 nitrogen and oxygen atoms in total. The molecular weight excluding hydrogens is 328 g/mol. The van der Waals surface area contributed by atoms with Crippen molar-refractivity contribution >= 4 is 0 Å². The molecule has 0 saturated heterocycles. The lowest BCUT2D eigenvalue weighted by atomic mass is 9.76. The first-order valence-electron chi connectivity index (χ1n) is 9.18. The molecule has 2 heteroatoms. The summed E-state index contributed by atoms with van der Waals surface area (Å²) in [6.45, 7) is 0. The predicted octanol–water partition coefficient (Wildman–Crippen LogP) is 5.64. The summed E-state index contributed by atoms with van der Waals surface area (Å²) in [6, 6.07) is 33.4. The Morgan fingerprint density at radius 1 is 0.556 bits per heavy atom. The van der Waals surface area contributed by atoms with Crippen molar-refractivity contribution in [3.8, 4) is 0 Å².